The van der Waals surface area contributed by atoms with Crippen LogP contribution in [0.1, 0.15) is 44.1 Å². The summed E-state index contributed by atoms with van der Waals surface area (Å²) in [6, 6.07) is 14.9. The van der Waals surface area contributed by atoms with E-state index in [1.54, 1.807) is 0 Å². The summed E-state index contributed by atoms with van der Waals surface area (Å²) < 4.78 is 5.82. The van der Waals surface area contributed by atoms with Crippen molar-refractivity contribution in [1.29, 1.82) is 0 Å². The molecule has 0 unspecified atom stereocenters. The minimum Gasteiger partial charge on any atom is -0.496 e. The van der Waals surface area contributed by atoms with Crippen molar-refractivity contribution in [1.82, 2.24) is 0 Å². The molecule has 0 radical (unpaired) electrons. The van der Waals surface area contributed by atoms with Gasteiger partial charge in [0.25, 0.3) is 0 Å². The van der Waals surface area contributed by atoms with E-state index in [0.29, 0.717) is 5.41 Å². The van der Waals surface area contributed by atoms with Crippen molar-refractivity contribution < 1.29 is 4.74 Å². The molecule has 0 spiro atoms. The van der Waals surface area contributed by atoms with E-state index in [4.69, 9.17) is 16.3 Å². The van der Waals surface area contributed by atoms with Gasteiger partial charge < -0.3 is 4.74 Å². The van der Waals surface area contributed by atoms with Gasteiger partial charge in [-0.2, -0.15) is 0 Å². The van der Waals surface area contributed by atoms with Crippen LogP contribution in [0.5, 0.6) is 5.75 Å². The SMILES string of the molecule is COc1ccc(-c2cccc(Cl)c2)cc1C12CC3CC(CC(C3)C1)C2. The molecule has 4 aliphatic carbocycles. The van der Waals surface area contributed by atoms with Crippen molar-refractivity contribution >= 4 is 11.6 Å². The fraction of sp³-hybridized carbons (Fsp3) is 0.478. The molecule has 2 aromatic carbocycles. The molecule has 0 saturated heterocycles. The molecular weight excluding hydrogens is 328 g/mol. The Hall–Kier alpha value is -1.47. The van der Waals surface area contributed by atoms with Gasteiger partial charge in [0.15, 0.2) is 0 Å². The van der Waals surface area contributed by atoms with Crippen LogP contribution in [0.25, 0.3) is 11.1 Å². The predicted molar refractivity (Wildman–Crippen MR) is 103 cm³/mol. The summed E-state index contributed by atoms with van der Waals surface area (Å²) in [5.41, 5.74) is 4.25. The standard InChI is InChI=1S/C23H25ClO/c1-25-22-6-5-19(18-3-2-4-20(24)10-18)11-21(22)23-12-15-7-16(13-23)9-17(8-15)14-23/h2-6,10-11,15-17H,7-9,12-14H2,1H3. The molecule has 0 heterocycles. The van der Waals surface area contributed by atoms with Crippen LogP contribution in [0, 0.1) is 17.8 Å². The van der Waals surface area contributed by atoms with Gasteiger partial charge in [0.2, 0.25) is 0 Å². The molecule has 0 aliphatic heterocycles. The molecule has 6 rings (SSSR count). The first-order valence-corrected chi connectivity index (χ1v) is 9.97. The lowest BCUT2D eigenvalue weighted by Gasteiger charge is -2.57. The topological polar surface area (TPSA) is 9.23 Å². The molecular formula is C23H25ClO. The molecule has 4 aliphatic rings. The van der Waals surface area contributed by atoms with Crippen molar-refractivity contribution in [2.45, 2.75) is 43.9 Å². The zero-order valence-corrected chi connectivity index (χ0v) is 15.6. The molecule has 4 fully saturated rings. The van der Waals surface area contributed by atoms with E-state index in [0.717, 1.165) is 28.5 Å². The Labute approximate surface area is 155 Å². The molecule has 2 aromatic rings. The number of rotatable bonds is 3. The van der Waals surface area contributed by atoms with E-state index < -0.39 is 0 Å². The van der Waals surface area contributed by atoms with Crippen molar-refractivity contribution in [2.24, 2.45) is 17.8 Å². The second-order valence-electron chi connectivity index (χ2n) is 8.62. The molecule has 2 heteroatoms. The molecule has 0 aromatic heterocycles. The largest absolute Gasteiger partial charge is 0.496 e. The lowest BCUT2D eigenvalue weighted by Crippen LogP contribution is -2.48. The van der Waals surface area contributed by atoms with Gasteiger partial charge in [-0.3, -0.25) is 0 Å². The first-order valence-electron chi connectivity index (χ1n) is 9.60. The van der Waals surface area contributed by atoms with Gasteiger partial charge in [0, 0.05) is 10.6 Å². The highest BCUT2D eigenvalue weighted by atomic mass is 35.5. The van der Waals surface area contributed by atoms with Gasteiger partial charge in [0.1, 0.15) is 5.75 Å². The lowest BCUT2D eigenvalue weighted by atomic mass is 9.48. The number of halogens is 1. The lowest BCUT2D eigenvalue weighted by molar-refractivity contribution is -0.00613. The van der Waals surface area contributed by atoms with E-state index in [1.807, 2.05) is 19.2 Å². The van der Waals surface area contributed by atoms with Gasteiger partial charge in [-0.1, -0.05) is 29.8 Å². The minimum absolute atomic E-state index is 0.342. The Balaban J connectivity index is 1.61. The van der Waals surface area contributed by atoms with Gasteiger partial charge in [0.05, 0.1) is 7.11 Å². The van der Waals surface area contributed by atoms with Crippen molar-refractivity contribution in [3.63, 3.8) is 0 Å². The van der Waals surface area contributed by atoms with E-state index >= 15 is 0 Å². The van der Waals surface area contributed by atoms with Gasteiger partial charge in [-0.05, 0) is 97.1 Å². The summed E-state index contributed by atoms with van der Waals surface area (Å²) >= 11 is 6.22. The highest BCUT2D eigenvalue weighted by Crippen LogP contribution is 2.62. The number of methoxy groups -OCH3 is 1. The van der Waals surface area contributed by atoms with Gasteiger partial charge in [-0.25, -0.2) is 0 Å². The van der Waals surface area contributed by atoms with Crippen LogP contribution in [0.3, 0.4) is 0 Å². The Bertz CT molecular complexity index is 774. The van der Waals surface area contributed by atoms with Crippen LogP contribution < -0.4 is 4.74 Å². The molecule has 130 valence electrons. The van der Waals surface area contributed by atoms with Crippen molar-refractivity contribution in [2.75, 3.05) is 7.11 Å². The minimum atomic E-state index is 0.342. The van der Waals surface area contributed by atoms with Crippen LogP contribution in [-0.4, -0.2) is 7.11 Å². The van der Waals surface area contributed by atoms with E-state index in [9.17, 15) is 0 Å². The number of hydrogen-bond acceptors (Lipinski definition) is 1. The third-order valence-electron chi connectivity index (χ3n) is 6.97. The molecule has 0 atom stereocenters. The normalized spacial score (nSPS) is 32.8. The summed E-state index contributed by atoms with van der Waals surface area (Å²) in [5.74, 6) is 3.88. The molecule has 0 amide bonds. The second kappa shape index (κ2) is 5.77. The second-order valence-corrected chi connectivity index (χ2v) is 9.06. The first-order chi connectivity index (χ1) is 12.1. The Morgan fingerprint density at radius 1 is 0.880 bits per heavy atom. The first kappa shape index (κ1) is 15.8. The third kappa shape index (κ3) is 2.59. The average Bonchev–Trinajstić information content (AvgIpc) is 2.60. The Kier molecular flexibility index (Phi) is 3.64. The van der Waals surface area contributed by atoms with E-state index in [1.165, 1.54) is 55.2 Å². The van der Waals surface area contributed by atoms with Crippen LogP contribution in [-0.2, 0) is 5.41 Å². The zero-order valence-electron chi connectivity index (χ0n) is 14.8. The quantitative estimate of drug-likeness (QED) is 0.614. The number of benzene rings is 2. The smallest absolute Gasteiger partial charge is 0.122 e. The van der Waals surface area contributed by atoms with E-state index in [2.05, 4.69) is 30.3 Å². The highest BCUT2D eigenvalue weighted by molar-refractivity contribution is 6.30. The van der Waals surface area contributed by atoms with Crippen LogP contribution in [0.15, 0.2) is 42.5 Å². The highest BCUT2D eigenvalue weighted by Gasteiger charge is 2.52. The summed E-state index contributed by atoms with van der Waals surface area (Å²) in [5, 5.41) is 0.796. The third-order valence-corrected chi connectivity index (χ3v) is 7.20. The summed E-state index contributed by atoms with van der Waals surface area (Å²) in [6.07, 6.45) is 8.47. The van der Waals surface area contributed by atoms with Gasteiger partial charge >= 0.3 is 0 Å². The van der Waals surface area contributed by atoms with Crippen molar-refractivity contribution in [3.05, 3.63) is 53.1 Å². The fourth-order valence-corrected chi connectivity index (χ4v) is 6.60. The Morgan fingerprint density at radius 2 is 1.52 bits per heavy atom. The number of ether oxygens (including phenoxy) is 1. The maximum absolute atomic E-state index is 6.22. The van der Waals surface area contributed by atoms with Crippen LogP contribution >= 0.6 is 11.6 Å². The van der Waals surface area contributed by atoms with Gasteiger partial charge in [-0.15, -0.1) is 0 Å². The number of hydrogen-bond donors (Lipinski definition) is 0. The fourth-order valence-electron chi connectivity index (χ4n) is 6.41. The zero-order chi connectivity index (χ0) is 17.0. The Morgan fingerprint density at radius 3 is 2.12 bits per heavy atom. The molecule has 1 nitrogen and oxygen atoms in total. The van der Waals surface area contributed by atoms with Crippen molar-refractivity contribution in [3.8, 4) is 16.9 Å². The maximum atomic E-state index is 6.22. The average molecular weight is 353 g/mol. The molecule has 0 N–H and O–H groups in total. The maximum Gasteiger partial charge on any atom is 0.122 e. The summed E-state index contributed by atoms with van der Waals surface area (Å²) in [4.78, 5) is 0. The monoisotopic (exact) mass is 352 g/mol. The molecule has 4 bridgehead atoms. The van der Waals surface area contributed by atoms with Crippen LogP contribution in [0.4, 0.5) is 0 Å². The van der Waals surface area contributed by atoms with Crippen LogP contribution in [0.2, 0.25) is 5.02 Å². The summed E-state index contributed by atoms with van der Waals surface area (Å²) in [7, 11) is 1.82. The molecule has 4 saturated carbocycles. The molecule has 25 heavy (non-hydrogen) atoms. The predicted octanol–water partition coefficient (Wildman–Crippen LogP) is 6.48. The van der Waals surface area contributed by atoms with E-state index in [-0.39, 0.29) is 0 Å². The summed E-state index contributed by atoms with van der Waals surface area (Å²) in [6.45, 7) is 0.